The van der Waals surface area contributed by atoms with Gasteiger partial charge < -0.3 is 20.1 Å². The van der Waals surface area contributed by atoms with E-state index in [1.165, 1.54) is 0 Å². The fraction of sp³-hybridized carbons (Fsp3) is 0.444. The number of likely N-dealkylation sites (tertiary alicyclic amines) is 1. The SMILES string of the molecule is CSCCC(NC(=O)OCC1c2ccccc2-c2ccccc21)C(=O)N1CC(C(=O)O)CCC1C. The summed E-state index contributed by atoms with van der Waals surface area (Å²) in [6.45, 7) is 2.26. The first-order valence-electron chi connectivity index (χ1n) is 12.0. The van der Waals surface area contributed by atoms with Crippen molar-refractivity contribution in [3.8, 4) is 11.1 Å². The van der Waals surface area contributed by atoms with Crippen LogP contribution in [-0.4, -0.2) is 65.2 Å². The van der Waals surface area contributed by atoms with Gasteiger partial charge in [-0.3, -0.25) is 9.59 Å². The molecule has 3 atom stereocenters. The maximum Gasteiger partial charge on any atom is 0.407 e. The maximum absolute atomic E-state index is 13.4. The monoisotopic (exact) mass is 496 g/mol. The number of nitrogens with one attached hydrogen (secondary N) is 1. The number of nitrogens with zero attached hydrogens (tertiary/aromatic N) is 1. The van der Waals surface area contributed by atoms with Crippen molar-refractivity contribution in [3.63, 3.8) is 0 Å². The van der Waals surface area contributed by atoms with Crippen LogP contribution in [0.25, 0.3) is 11.1 Å². The Bertz CT molecular complexity index is 1050. The normalized spacial score (nSPS) is 20.0. The summed E-state index contributed by atoms with van der Waals surface area (Å²) < 4.78 is 5.65. The summed E-state index contributed by atoms with van der Waals surface area (Å²) in [5.41, 5.74) is 4.55. The molecule has 0 saturated carbocycles. The molecule has 35 heavy (non-hydrogen) atoms. The Morgan fingerprint density at radius 3 is 2.31 bits per heavy atom. The van der Waals surface area contributed by atoms with E-state index in [9.17, 15) is 19.5 Å². The van der Waals surface area contributed by atoms with Crippen molar-refractivity contribution in [2.75, 3.05) is 25.2 Å². The van der Waals surface area contributed by atoms with E-state index in [1.54, 1.807) is 16.7 Å². The fourth-order valence-corrected chi connectivity index (χ4v) is 5.56. The predicted molar refractivity (Wildman–Crippen MR) is 137 cm³/mol. The number of carbonyl (C=O) groups is 3. The van der Waals surface area contributed by atoms with E-state index >= 15 is 0 Å². The van der Waals surface area contributed by atoms with Crippen LogP contribution in [0.5, 0.6) is 0 Å². The van der Waals surface area contributed by atoms with Gasteiger partial charge in [-0.2, -0.15) is 11.8 Å². The Morgan fingerprint density at radius 2 is 1.71 bits per heavy atom. The molecular formula is C27H32N2O5S. The van der Waals surface area contributed by atoms with Gasteiger partial charge in [-0.05, 0) is 60.4 Å². The van der Waals surface area contributed by atoms with Gasteiger partial charge in [0.1, 0.15) is 12.6 Å². The number of alkyl carbamates (subject to hydrolysis) is 1. The molecule has 1 aliphatic heterocycles. The molecule has 8 heteroatoms. The fourth-order valence-electron chi connectivity index (χ4n) is 5.09. The second-order valence-corrected chi connectivity index (χ2v) is 10.2. The molecule has 2 amide bonds. The summed E-state index contributed by atoms with van der Waals surface area (Å²) in [5, 5.41) is 12.2. The molecule has 0 radical (unpaired) electrons. The molecule has 186 valence electrons. The minimum absolute atomic E-state index is 0.0630. The number of carboxylic acids is 1. The Balaban J connectivity index is 1.43. The highest BCUT2D eigenvalue weighted by molar-refractivity contribution is 7.98. The molecule has 0 spiro atoms. The molecule has 3 unspecified atom stereocenters. The van der Waals surface area contributed by atoms with E-state index in [4.69, 9.17) is 4.74 Å². The second kappa shape index (κ2) is 11.2. The number of hydrogen-bond acceptors (Lipinski definition) is 5. The average molecular weight is 497 g/mol. The summed E-state index contributed by atoms with van der Waals surface area (Å²) >= 11 is 1.59. The van der Waals surface area contributed by atoms with Crippen molar-refractivity contribution in [2.45, 2.75) is 44.2 Å². The average Bonchev–Trinajstić information content (AvgIpc) is 3.18. The van der Waals surface area contributed by atoms with E-state index in [2.05, 4.69) is 29.6 Å². The lowest BCUT2D eigenvalue weighted by Crippen LogP contribution is -2.55. The van der Waals surface area contributed by atoms with Gasteiger partial charge in [-0.15, -0.1) is 0 Å². The zero-order chi connectivity index (χ0) is 24.9. The van der Waals surface area contributed by atoms with Gasteiger partial charge in [0.2, 0.25) is 5.91 Å². The van der Waals surface area contributed by atoms with E-state index in [1.807, 2.05) is 37.4 Å². The number of ether oxygens (including phenoxy) is 1. The first-order chi connectivity index (χ1) is 16.9. The number of hydrogen-bond donors (Lipinski definition) is 2. The van der Waals surface area contributed by atoms with Crippen LogP contribution in [0.4, 0.5) is 4.79 Å². The molecule has 0 aromatic heterocycles. The first-order valence-corrected chi connectivity index (χ1v) is 13.4. The third-order valence-corrected chi connectivity index (χ3v) is 7.70. The van der Waals surface area contributed by atoms with E-state index < -0.39 is 24.0 Å². The Hall–Kier alpha value is -3.00. The second-order valence-electron chi connectivity index (χ2n) is 9.26. The number of thioether (sulfide) groups is 1. The minimum atomic E-state index is -0.889. The van der Waals surface area contributed by atoms with Crippen molar-refractivity contribution in [1.29, 1.82) is 0 Å². The van der Waals surface area contributed by atoms with Crippen molar-refractivity contribution in [3.05, 3.63) is 59.7 Å². The molecule has 2 aliphatic rings. The number of carbonyl (C=O) groups excluding carboxylic acids is 2. The summed E-state index contributed by atoms with van der Waals surface area (Å²) in [5.74, 6) is -1.09. The van der Waals surface area contributed by atoms with Crippen molar-refractivity contribution < 1.29 is 24.2 Å². The zero-order valence-electron chi connectivity index (χ0n) is 20.1. The molecule has 2 N–H and O–H groups in total. The molecule has 2 aromatic carbocycles. The zero-order valence-corrected chi connectivity index (χ0v) is 20.9. The molecule has 1 aliphatic carbocycles. The number of rotatable bonds is 8. The van der Waals surface area contributed by atoms with Gasteiger partial charge in [0, 0.05) is 18.5 Å². The lowest BCUT2D eigenvalue weighted by molar-refractivity contribution is -0.147. The molecular weight excluding hydrogens is 464 g/mol. The van der Waals surface area contributed by atoms with Gasteiger partial charge in [-0.1, -0.05) is 48.5 Å². The van der Waals surface area contributed by atoms with Crippen LogP contribution in [0.2, 0.25) is 0 Å². The lowest BCUT2D eigenvalue weighted by atomic mass is 9.92. The first kappa shape index (κ1) is 25.1. The third-order valence-electron chi connectivity index (χ3n) is 7.06. The number of fused-ring (bicyclic) bond motifs is 3. The number of piperidine rings is 1. The molecule has 1 heterocycles. The van der Waals surface area contributed by atoms with E-state index in [-0.39, 0.29) is 31.0 Å². The standard InChI is InChI=1S/C27H32N2O5S/c1-17-11-12-18(26(31)32)15-29(17)25(30)24(13-14-35-2)28-27(33)34-16-23-21-9-5-3-7-19(21)20-8-4-6-10-22(20)23/h3-10,17-18,23-24H,11-16H2,1-2H3,(H,28,33)(H,31,32). The number of carboxylic acid groups (broad SMARTS) is 1. The number of aliphatic carboxylic acids is 1. The largest absolute Gasteiger partial charge is 0.481 e. The highest BCUT2D eigenvalue weighted by Crippen LogP contribution is 2.44. The van der Waals surface area contributed by atoms with Gasteiger partial charge >= 0.3 is 12.1 Å². The van der Waals surface area contributed by atoms with Gasteiger partial charge in [-0.25, -0.2) is 4.79 Å². The molecule has 2 aromatic rings. The topological polar surface area (TPSA) is 95.9 Å². The Kier molecular flexibility index (Phi) is 8.00. The van der Waals surface area contributed by atoms with Crippen molar-refractivity contribution >= 4 is 29.7 Å². The Morgan fingerprint density at radius 1 is 1.09 bits per heavy atom. The molecule has 1 fully saturated rings. The smallest absolute Gasteiger partial charge is 0.407 e. The summed E-state index contributed by atoms with van der Waals surface area (Å²) in [6.07, 6.45) is 2.94. The Labute approximate surface area is 210 Å². The molecule has 4 rings (SSSR count). The van der Waals surface area contributed by atoms with Crippen LogP contribution < -0.4 is 5.32 Å². The van der Waals surface area contributed by atoms with Gasteiger partial charge in [0.15, 0.2) is 0 Å². The maximum atomic E-state index is 13.4. The van der Waals surface area contributed by atoms with Crippen LogP contribution in [-0.2, 0) is 14.3 Å². The van der Waals surface area contributed by atoms with Gasteiger partial charge in [0.05, 0.1) is 5.92 Å². The van der Waals surface area contributed by atoms with Gasteiger partial charge in [0.25, 0.3) is 0 Å². The van der Waals surface area contributed by atoms with Crippen molar-refractivity contribution in [2.24, 2.45) is 5.92 Å². The third kappa shape index (κ3) is 5.48. The highest BCUT2D eigenvalue weighted by atomic mass is 32.2. The molecule has 0 bridgehead atoms. The number of amides is 2. The van der Waals surface area contributed by atoms with E-state index in [0.29, 0.717) is 25.0 Å². The summed E-state index contributed by atoms with van der Waals surface area (Å²) in [4.78, 5) is 39.3. The molecule has 1 saturated heterocycles. The van der Waals surface area contributed by atoms with Crippen LogP contribution in [0.1, 0.15) is 43.2 Å². The van der Waals surface area contributed by atoms with E-state index in [0.717, 1.165) is 22.3 Å². The van der Waals surface area contributed by atoms with Crippen molar-refractivity contribution in [1.82, 2.24) is 10.2 Å². The molecule has 7 nitrogen and oxygen atoms in total. The highest BCUT2D eigenvalue weighted by Gasteiger charge is 2.36. The summed E-state index contributed by atoms with van der Waals surface area (Å²) in [7, 11) is 0. The van der Waals surface area contributed by atoms with Crippen LogP contribution in [0, 0.1) is 5.92 Å². The summed E-state index contributed by atoms with van der Waals surface area (Å²) in [6, 6.07) is 15.4. The lowest BCUT2D eigenvalue weighted by Gasteiger charge is -2.38. The van der Waals surface area contributed by atoms with Crippen LogP contribution in [0.3, 0.4) is 0 Å². The van der Waals surface area contributed by atoms with Crippen LogP contribution >= 0.6 is 11.8 Å². The minimum Gasteiger partial charge on any atom is -0.481 e. The van der Waals surface area contributed by atoms with Crippen LogP contribution in [0.15, 0.2) is 48.5 Å². The quantitative estimate of drug-likeness (QED) is 0.564. The number of benzene rings is 2. The predicted octanol–water partition coefficient (Wildman–Crippen LogP) is 4.36.